The molecule has 176 valence electrons. The molecule has 2 atom stereocenters. The molecule has 0 aliphatic carbocycles. The van der Waals surface area contributed by atoms with Crippen LogP contribution in [0.15, 0.2) is 16.9 Å². The van der Waals surface area contributed by atoms with E-state index < -0.39 is 36.3 Å². The van der Waals surface area contributed by atoms with Crippen molar-refractivity contribution in [2.75, 3.05) is 6.61 Å². The molecule has 1 N–H and O–H groups in total. The first-order valence-corrected chi connectivity index (χ1v) is 10.3. The van der Waals surface area contributed by atoms with Gasteiger partial charge in [-0.05, 0) is 47.5 Å². The molecule has 12 nitrogen and oxygen atoms in total. The van der Waals surface area contributed by atoms with Gasteiger partial charge in [0.2, 0.25) is 5.82 Å². The molecule has 33 heavy (non-hydrogen) atoms. The monoisotopic (exact) mass is 458 g/mol. The number of aliphatic hydroxyl groups is 1. The maximum absolute atomic E-state index is 13.4. The van der Waals surface area contributed by atoms with Gasteiger partial charge in [0.15, 0.2) is 11.8 Å². The third kappa shape index (κ3) is 5.22. The van der Waals surface area contributed by atoms with E-state index in [1.165, 1.54) is 23.1 Å². The molecule has 0 radical (unpaired) electrons. The molecule has 0 fully saturated rings. The van der Waals surface area contributed by atoms with Crippen LogP contribution in [0.25, 0.3) is 22.6 Å². The topological polar surface area (TPSA) is 151 Å². The number of tetrazole rings is 1. The Balaban J connectivity index is 2.10. The number of benzene rings is 1. The molecule has 1 aromatic carbocycles. The van der Waals surface area contributed by atoms with Crippen LogP contribution < -0.4 is 5.56 Å². The highest BCUT2D eigenvalue weighted by Gasteiger charge is 2.27. The van der Waals surface area contributed by atoms with Crippen LogP contribution in [0.1, 0.15) is 31.4 Å². The van der Waals surface area contributed by atoms with Gasteiger partial charge in [-0.3, -0.25) is 14.4 Å². The lowest BCUT2D eigenvalue weighted by Crippen LogP contribution is -2.38. The van der Waals surface area contributed by atoms with Crippen LogP contribution in [-0.2, 0) is 32.7 Å². The highest BCUT2D eigenvalue weighted by Crippen LogP contribution is 2.21. The minimum Gasteiger partial charge on any atom is -0.458 e. The first-order valence-electron chi connectivity index (χ1n) is 10.3. The summed E-state index contributed by atoms with van der Waals surface area (Å²) in [6.07, 6.45) is -1.93. The molecule has 0 saturated heterocycles. The summed E-state index contributed by atoms with van der Waals surface area (Å²) in [5.41, 5.74) is 2.75. The van der Waals surface area contributed by atoms with E-state index in [4.69, 9.17) is 9.47 Å². The van der Waals surface area contributed by atoms with Crippen LogP contribution in [0, 0.1) is 13.8 Å². The molecule has 2 aromatic heterocycles. The van der Waals surface area contributed by atoms with Gasteiger partial charge in [-0.15, -0.1) is 5.10 Å². The largest absolute Gasteiger partial charge is 0.458 e. The molecule has 2 heterocycles. The highest BCUT2D eigenvalue weighted by molar-refractivity contribution is 5.79. The first kappa shape index (κ1) is 24.0. The van der Waals surface area contributed by atoms with E-state index in [2.05, 4.69) is 20.5 Å². The normalized spacial score (nSPS) is 13.0. The average molecular weight is 458 g/mol. The third-order valence-electron chi connectivity index (χ3n) is 5.26. The summed E-state index contributed by atoms with van der Waals surface area (Å²) >= 11 is 0. The molecule has 0 bridgehead atoms. The number of nitrogens with zero attached hydrogens (tertiary/aromatic N) is 6. The summed E-state index contributed by atoms with van der Waals surface area (Å²) in [6, 6.07) is 3.72. The molecule has 0 spiro atoms. The van der Waals surface area contributed by atoms with Crippen molar-refractivity contribution in [2.45, 2.75) is 52.9 Å². The minimum absolute atomic E-state index is 0.0704. The van der Waals surface area contributed by atoms with E-state index >= 15 is 0 Å². The second-order valence-electron chi connectivity index (χ2n) is 7.74. The van der Waals surface area contributed by atoms with Crippen molar-refractivity contribution in [3.05, 3.63) is 33.6 Å². The summed E-state index contributed by atoms with van der Waals surface area (Å²) in [4.78, 5) is 41.0. The molecule has 3 aromatic rings. The molecule has 0 saturated carbocycles. The number of carbonyl (C=O) groups excluding carboxylic acids is 2. The first-order chi connectivity index (χ1) is 15.6. The maximum atomic E-state index is 13.4. The number of ether oxygens (including phenoxy) is 2. The zero-order valence-electron chi connectivity index (χ0n) is 19.1. The van der Waals surface area contributed by atoms with Crippen LogP contribution in [0.3, 0.4) is 0 Å². The van der Waals surface area contributed by atoms with E-state index in [1.807, 2.05) is 26.0 Å². The van der Waals surface area contributed by atoms with Gasteiger partial charge in [0, 0.05) is 33.9 Å². The molecule has 12 heteroatoms. The predicted octanol–water partition coefficient (Wildman–Crippen LogP) is 0.450. The van der Waals surface area contributed by atoms with Gasteiger partial charge in [0.1, 0.15) is 6.10 Å². The van der Waals surface area contributed by atoms with Crippen LogP contribution in [0.5, 0.6) is 0 Å². The Hall–Kier alpha value is -3.67. The van der Waals surface area contributed by atoms with Gasteiger partial charge >= 0.3 is 11.9 Å². The molecule has 0 aliphatic rings. The van der Waals surface area contributed by atoms with Crippen molar-refractivity contribution < 1.29 is 24.2 Å². The third-order valence-corrected chi connectivity index (χ3v) is 5.26. The summed E-state index contributed by atoms with van der Waals surface area (Å²) in [5.74, 6) is -1.02. The zero-order valence-corrected chi connectivity index (χ0v) is 19.1. The number of carbonyl (C=O) groups is 2. The Morgan fingerprint density at radius 1 is 1.09 bits per heavy atom. The van der Waals surface area contributed by atoms with Gasteiger partial charge < -0.3 is 19.1 Å². The average Bonchev–Trinajstić information content (AvgIpc) is 3.16. The number of aromatic nitrogens is 6. The number of aliphatic hydroxyl groups excluding tert-OH is 1. The van der Waals surface area contributed by atoms with Gasteiger partial charge in [-0.2, -0.15) is 0 Å². The summed E-state index contributed by atoms with van der Waals surface area (Å²) < 4.78 is 13.3. The smallest absolute Gasteiger partial charge is 0.303 e. The van der Waals surface area contributed by atoms with E-state index in [1.54, 1.807) is 7.05 Å². The van der Waals surface area contributed by atoms with Crippen molar-refractivity contribution in [3.63, 3.8) is 0 Å². The zero-order chi connectivity index (χ0) is 24.3. The number of aryl methyl sites for hydroxylation is 4. The van der Waals surface area contributed by atoms with Crippen molar-refractivity contribution in [2.24, 2.45) is 7.05 Å². The lowest BCUT2D eigenvalue weighted by atomic mass is 10.1. The number of rotatable bonds is 8. The quantitative estimate of drug-likeness (QED) is 0.471. The van der Waals surface area contributed by atoms with Crippen molar-refractivity contribution in [1.29, 1.82) is 0 Å². The molecule has 0 amide bonds. The van der Waals surface area contributed by atoms with Crippen LogP contribution in [0.2, 0.25) is 0 Å². The van der Waals surface area contributed by atoms with Gasteiger partial charge in [-0.25, -0.2) is 9.67 Å². The van der Waals surface area contributed by atoms with Gasteiger partial charge in [-0.1, -0.05) is 0 Å². The van der Waals surface area contributed by atoms with E-state index in [0.29, 0.717) is 11.0 Å². The standard InChI is InChI=1S/C21H26N6O6/c1-11-8-15-16(9-12(11)2)27(21(31)19(22-15)20-23-24-25-26(20)5)7-6-17(32-13(3)29)18(10-28)33-14(4)30/h8-9,17-18,28H,6-7,10H2,1-5H3/t17-,18+/m0/s1. The van der Waals surface area contributed by atoms with Crippen molar-refractivity contribution in [1.82, 2.24) is 29.8 Å². The molecular formula is C21H26N6O6. The predicted molar refractivity (Wildman–Crippen MR) is 116 cm³/mol. The Bertz CT molecular complexity index is 1250. The van der Waals surface area contributed by atoms with Gasteiger partial charge in [0.05, 0.1) is 17.6 Å². The van der Waals surface area contributed by atoms with Crippen LogP contribution >= 0.6 is 0 Å². The molecular weight excluding hydrogens is 432 g/mol. The van der Waals surface area contributed by atoms with Crippen LogP contribution in [-0.4, -0.2) is 65.6 Å². The molecule has 0 aliphatic heterocycles. The lowest BCUT2D eigenvalue weighted by Gasteiger charge is -2.25. The number of hydrogen-bond acceptors (Lipinski definition) is 10. The Morgan fingerprint density at radius 3 is 2.30 bits per heavy atom. The second-order valence-corrected chi connectivity index (χ2v) is 7.74. The van der Waals surface area contributed by atoms with Crippen LogP contribution in [0.4, 0.5) is 0 Å². The second kappa shape index (κ2) is 9.86. The fourth-order valence-electron chi connectivity index (χ4n) is 3.53. The highest BCUT2D eigenvalue weighted by atomic mass is 16.6. The Labute approximate surface area is 189 Å². The van der Waals surface area contributed by atoms with E-state index in [0.717, 1.165) is 11.1 Å². The number of fused-ring (bicyclic) bond motifs is 1. The van der Waals surface area contributed by atoms with E-state index in [9.17, 15) is 19.5 Å². The lowest BCUT2D eigenvalue weighted by molar-refractivity contribution is -0.169. The summed E-state index contributed by atoms with van der Waals surface area (Å²) in [7, 11) is 1.60. The van der Waals surface area contributed by atoms with Gasteiger partial charge in [0.25, 0.3) is 5.56 Å². The summed E-state index contributed by atoms with van der Waals surface area (Å²) in [5, 5.41) is 21.0. The SMILES string of the molecule is CC(=O)O[C@@H](CCn1c(=O)c(-c2nnnn2C)nc2cc(C)c(C)cc21)[C@@H](CO)OC(C)=O. The number of hydrogen-bond donors (Lipinski definition) is 1. The van der Waals surface area contributed by atoms with E-state index in [-0.39, 0.29) is 24.5 Å². The summed E-state index contributed by atoms with van der Waals surface area (Å²) in [6.45, 7) is 5.83. The van der Waals surface area contributed by atoms with Crippen molar-refractivity contribution >= 4 is 23.0 Å². The molecule has 3 rings (SSSR count). The minimum atomic E-state index is -1.07. The Kier molecular flexibility index (Phi) is 7.16. The molecule has 0 unspecified atom stereocenters. The maximum Gasteiger partial charge on any atom is 0.303 e. The fourth-order valence-corrected chi connectivity index (χ4v) is 3.53. The fraction of sp³-hybridized carbons (Fsp3) is 0.476. The van der Waals surface area contributed by atoms with Crippen molar-refractivity contribution in [3.8, 4) is 11.5 Å². The number of esters is 2. The Morgan fingerprint density at radius 2 is 1.73 bits per heavy atom.